The molecule has 0 amide bonds. The number of hydrogen-bond donors (Lipinski definition) is 1. The maximum atomic E-state index is 11.0. The molecule has 1 aliphatic rings. The van der Waals surface area contributed by atoms with Gasteiger partial charge in [0.05, 0.1) is 0 Å². The van der Waals surface area contributed by atoms with Crippen molar-refractivity contribution in [3.63, 3.8) is 0 Å². The molecule has 0 aromatic heterocycles. The topological polar surface area (TPSA) is 46.5 Å². The zero-order chi connectivity index (χ0) is 9.84. The number of aliphatic hydroxyl groups excluding tert-OH is 1. The van der Waals surface area contributed by atoms with Gasteiger partial charge in [-0.25, -0.2) is 4.79 Å². The molecule has 0 aromatic carbocycles. The molecule has 1 saturated carbocycles. The van der Waals surface area contributed by atoms with E-state index in [1.54, 1.807) is 0 Å². The smallest absolute Gasteiger partial charge is 0.334 e. The van der Waals surface area contributed by atoms with Crippen LogP contribution in [-0.2, 0) is 9.53 Å². The van der Waals surface area contributed by atoms with Crippen molar-refractivity contribution in [2.24, 2.45) is 5.92 Å². The summed E-state index contributed by atoms with van der Waals surface area (Å²) < 4.78 is 5.13. The first-order valence-corrected chi connectivity index (χ1v) is 4.98. The fourth-order valence-electron chi connectivity index (χ4n) is 1.75. The summed E-state index contributed by atoms with van der Waals surface area (Å²) in [6.45, 7) is 3.61. The molecule has 0 bridgehead atoms. The molecule has 1 unspecified atom stereocenters. The molecule has 0 saturated heterocycles. The summed E-state index contributed by atoms with van der Waals surface area (Å²) in [6.07, 6.45) is 3.28. The van der Waals surface area contributed by atoms with Crippen molar-refractivity contribution in [2.45, 2.75) is 51.7 Å². The standard InChI is InChI=1S/C10H18O3.H2/c1-7-4-3-5-9(6-7)13-10(12)8(2)11;/h7-9,11H,3-6H2,1-2H3;1H/t7-,8?,9+;/m1./s1. The highest BCUT2D eigenvalue weighted by Gasteiger charge is 2.23. The number of aliphatic hydroxyl groups is 1. The van der Waals surface area contributed by atoms with Gasteiger partial charge in [0.2, 0.25) is 0 Å². The number of hydrogen-bond acceptors (Lipinski definition) is 3. The second kappa shape index (κ2) is 4.61. The Morgan fingerprint density at radius 2 is 2.31 bits per heavy atom. The first kappa shape index (κ1) is 10.5. The summed E-state index contributed by atoms with van der Waals surface area (Å²) in [5.41, 5.74) is 0. The maximum absolute atomic E-state index is 11.0. The molecule has 0 aliphatic heterocycles. The minimum atomic E-state index is -0.989. The molecule has 0 spiro atoms. The van der Waals surface area contributed by atoms with Gasteiger partial charge >= 0.3 is 5.97 Å². The molecule has 1 rings (SSSR count). The van der Waals surface area contributed by atoms with E-state index in [0.717, 1.165) is 19.3 Å². The van der Waals surface area contributed by atoms with Crippen molar-refractivity contribution in [3.05, 3.63) is 0 Å². The lowest BCUT2D eigenvalue weighted by atomic mass is 9.89. The first-order valence-electron chi connectivity index (χ1n) is 4.98. The van der Waals surface area contributed by atoms with E-state index < -0.39 is 12.1 Å². The summed E-state index contributed by atoms with van der Waals surface area (Å²) in [4.78, 5) is 11.0. The van der Waals surface area contributed by atoms with Crippen LogP contribution < -0.4 is 0 Å². The Bertz CT molecular complexity index is 182. The Hall–Kier alpha value is -0.570. The third-order valence-corrected chi connectivity index (χ3v) is 2.51. The molecule has 1 aliphatic carbocycles. The van der Waals surface area contributed by atoms with Crippen LogP contribution in [0.1, 0.15) is 41.0 Å². The lowest BCUT2D eigenvalue weighted by molar-refractivity contribution is -0.160. The van der Waals surface area contributed by atoms with Crippen molar-refractivity contribution >= 4 is 5.97 Å². The predicted octanol–water partition coefficient (Wildman–Crippen LogP) is 1.74. The Balaban J connectivity index is 0.00000169. The number of carbonyl (C=O) groups is 1. The molecule has 0 heterocycles. The summed E-state index contributed by atoms with van der Waals surface area (Å²) >= 11 is 0. The second-order valence-electron chi connectivity index (χ2n) is 4.01. The molecule has 0 radical (unpaired) electrons. The van der Waals surface area contributed by atoms with Crippen molar-refractivity contribution in [1.82, 2.24) is 0 Å². The van der Waals surface area contributed by atoms with Crippen molar-refractivity contribution in [1.29, 1.82) is 0 Å². The van der Waals surface area contributed by atoms with Gasteiger partial charge in [0, 0.05) is 1.43 Å². The maximum Gasteiger partial charge on any atom is 0.334 e. The minimum absolute atomic E-state index is 0. The Morgan fingerprint density at radius 1 is 1.62 bits per heavy atom. The number of ether oxygens (including phenoxy) is 1. The highest BCUT2D eigenvalue weighted by atomic mass is 16.6. The van der Waals surface area contributed by atoms with Crippen LogP contribution in [0.4, 0.5) is 0 Å². The van der Waals surface area contributed by atoms with Crippen LogP contribution >= 0.6 is 0 Å². The van der Waals surface area contributed by atoms with Gasteiger partial charge in [0.25, 0.3) is 0 Å². The Morgan fingerprint density at radius 3 is 2.85 bits per heavy atom. The highest BCUT2D eigenvalue weighted by molar-refractivity contribution is 5.73. The number of rotatable bonds is 2. The van der Waals surface area contributed by atoms with E-state index in [2.05, 4.69) is 6.92 Å². The molecule has 3 nitrogen and oxygen atoms in total. The van der Waals surface area contributed by atoms with E-state index in [-0.39, 0.29) is 7.53 Å². The van der Waals surface area contributed by atoms with E-state index in [1.807, 2.05) is 0 Å². The molecule has 1 N–H and O–H groups in total. The van der Waals surface area contributed by atoms with Crippen LogP contribution in [0.3, 0.4) is 0 Å². The summed E-state index contributed by atoms with van der Waals surface area (Å²) in [7, 11) is 0. The van der Waals surface area contributed by atoms with Gasteiger partial charge in [-0.3, -0.25) is 0 Å². The van der Waals surface area contributed by atoms with Crippen molar-refractivity contribution in [3.8, 4) is 0 Å². The Labute approximate surface area is 80.6 Å². The zero-order valence-corrected chi connectivity index (χ0v) is 8.32. The largest absolute Gasteiger partial charge is 0.460 e. The number of esters is 1. The highest BCUT2D eigenvalue weighted by Crippen LogP contribution is 2.25. The van der Waals surface area contributed by atoms with Gasteiger partial charge in [0.1, 0.15) is 12.2 Å². The van der Waals surface area contributed by atoms with Crippen molar-refractivity contribution in [2.75, 3.05) is 0 Å². The SMILES string of the molecule is CC(O)C(=O)O[C@H]1CCC[C@@H](C)C1.[HH]. The molecule has 78 valence electrons. The van der Waals surface area contributed by atoms with Crippen LogP contribution in [0.5, 0.6) is 0 Å². The fraction of sp³-hybridized carbons (Fsp3) is 0.900. The summed E-state index contributed by atoms with van der Waals surface area (Å²) in [5.74, 6) is 0.152. The van der Waals surface area contributed by atoms with Crippen LogP contribution in [0.25, 0.3) is 0 Å². The lowest BCUT2D eigenvalue weighted by Gasteiger charge is -2.26. The molecular formula is C10H20O3. The molecule has 13 heavy (non-hydrogen) atoms. The van der Waals surface area contributed by atoms with Gasteiger partial charge in [0.15, 0.2) is 0 Å². The zero-order valence-electron chi connectivity index (χ0n) is 8.32. The Kier molecular flexibility index (Phi) is 3.72. The van der Waals surface area contributed by atoms with Gasteiger partial charge in [-0.2, -0.15) is 0 Å². The van der Waals surface area contributed by atoms with Gasteiger partial charge in [-0.15, -0.1) is 0 Å². The molecular weight excluding hydrogens is 168 g/mol. The molecule has 1 fully saturated rings. The monoisotopic (exact) mass is 188 g/mol. The van der Waals surface area contributed by atoms with Gasteiger partial charge in [-0.05, 0) is 32.1 Å². The molecule has 3 heteroatoms. The lowest BCUT2D eigenvalue weighted by Crippen LogP contribution is -2.29. The van der Waals surface area contributed by atoms with Crippen LogP contribution in [0.15, 0.2) is 0 Å². The van der Waals surface area contributed by atoms with E-state index >= 15 is 0 Å². The summed E-state index contributed by atoms with van der Waals surface area (Å²) in [5, 5.41) is 8.94. The predicted molar refractivity (Wildman–Crippen MR) is 51.3 cm³/mol. The third-order valence-electron chi connectivity index (χ3n) is 2.51. The normalized spacial score (nSPS) is 31.0. The van der Waals surface area contributed by atoms with E-state index in [1.165, 1.54) is 13.3 Å². The summed E-state index contributed by atoms with van der Waals surface area (Å²) in [6, 6.07) is 0. The average molecular weight is 188 g/mol. The molecule has 0 aromatic rings. The van der Waals surface area contributed by atoms with Gasteiger partial charge < -0.3 is 9.84 Å². The second-order valence-corrected chi connectivity index (χ2v) is 4.01. The van der Waals surface area contributed by atoms with Crippen LogP contribution in [-0.4, -0.2) is 23.3 Å². The van der Waals surface area contributed by atoms with Gasteiger partial charge in [-0.1, -0.05) is 13.3 Å². The third kappa shape index (κ3) is 3.35. The average Bonchev–Trinajstić information content (AvgIpc) is 2.04. The fourth-order valence-corrected chi connectivity index (χ4v) is 1.75. The number of carbonyl (C=O) groups excluding carboxylic acids is 1. The van der Waals surface area contributed by atoms with E-state index in [4.69, 9.17) is 9.84 Å². The van der Waals surface area contributed by atoms with E-state index in [0.29, 0.717) is 5.92 Å². The quantitative estimate of drug-likeness (QED) is 0.671. The molecule has 3 atom stereocenters. The van der Waals surface area contributed by atoms with E-state index in [9.17, 15) is 4.79 Å². The van der Waals surface area contributed by atoms with Crippen LogP contribution in [0, 0.1) is 5.92 Å². The minimum Gasteiger partial charge on any atom is -0.460 e. The first-order chi connectivity index (χ1) is 6.09. The van der Waals surface area contributed by atoms with Crippen LogP contribution in [0.2, 0.25) is 0 Å². The van der Waals surface area contributed by atoms with Crippen molar-refractivity contribution < 1.29 is 16.1 Å².